The highest BCUT2D eigenvalue weighted by molar-refractivity contribution is 5.86. The number of hydrogen-bond acceptors (Lipinski definition) is 4. The van der Waals surface area contributed by atoms with Gasteiger partial charge in [-0.15, -0.1) is 0 Å². The summed E-state index contributed by atoms with van der Waals surface area (Å²) in [7, 11) is 0. The first kappa shape index (κ1) is 12.4. The number of aliphatic carboxylic acids is 3. The van der Waals surface area contributed by atoms with E-state index in [0.29, 0.717) is 0 Å². The topological polar surface area (TPSA) is 138 Å². The largest absolute Gasteiger partial charge is 0.481 e. The summed E-state index contributed by atoms with van der Waals surface area (Å²) < 4.78 is 0. The van der Waals surface area contributed by atoms with E-state index in [0.717, 1.165) is 0 Å². The Hall–Kier alpha value is -1.63. The van der Waals surface area contributed by atoms with Crippen LogP contribution in [0.25, 0.3) is 0 Å². The second-order valence-electron chi connectivity index (χ2n) is 3.91. The van der Waals surface area contributed by atoms with Crippen LogP contribution in [-0.2, 0) is 14.4 Å². The highest BCUT2D eigenvalue weighted by Gasteiger charge is 2.49. The number of nitrogens with two attached hydrogens (primary N) is 1. The zero-order chi connectivity index (χ0) is 12.5. The van der Waals surface area contributed by atoms with Crippen molar-refractivity contribution in [2.45, 2.75) is 18.9 Å². The molecule has 7 heteroatoms. The minimum Gasteiger partial charge on any atom is -0.481 e. The van der Waals surface area contributed by atoms with E-state index in [4.69, 9.17) is 21.1 Å². The van der Waals surface area contributed by atoms with E-state index in [-0.39, 0.29) is 12.8 Å². The second kappa shape index (κ2) is 4.48. The molecule has 1 fully saturated rings. The van der Waals surface area contributed by atoms with Gasteiger partial charge in [0.25, 0.3) is 0 Å². The van der Waals surface area contributed by atoms with E-state index in [1.165, 1.54) is 0 Å². The smallest absolute Gasteiger partial charge is 0.308 e. The molecule has 4 atom stereocenters. The van der Waals surface area contributed by atoms with Gasteiger partial charge < -0.3 is 21.1 Å². The third-order valence-electron chi connectivity index (χ3n) is 2.98. The number of carbonyl (C=O) groups is 3. The average Bonchev–Trinajstić information content (AvgIpc) is 2.15. The Morgan fingerprint density at radius 3 is 1.75 bits per heavy atom. The van der Waals surface area contributed by atoms with Gasteiger partial charge in [0.2, 0.25) is 0 Å². The maximum atomic E-state index is 10.9. The molecule has 7 nitrogen and oxygen atoms in total. The van der Waals surface area contributed by atoms with Crippen LogP contribution in [0.2, 0.25) is 0 Å². The van der Waals surface area contributed by atoms with Crippen LogP contribution in [0.3, 0.4) is 0 Å². The summed E-state index contributed by atoms with van der Waals surface area (Å²) >= 11 is 0. The second-order valence-corrected chi connectivity index (χ2v) is 3.91. The van der Waals surface area contributed by atoms with Gasteiger partial charge in [-0.05, 0) is 12.8 Å². The molecule has 0 aromatic rings. The predicted molar refractivity (Wildman–Crippen MR) is 50.6 cm³/mol. The van der Waals surface area contributed by atoms with Crippen molar-refractivity contribution in [1.82, 2.24) is 0 Å². The summed E-state index contributed by atoms with van der Waals surface area (Å²) in [6, 6.07) is -0.811. The van der Waals surface area contributed by atoms with E-state index < -0.39 is 41.7 Å². The first-order chi connectivity index (χ1) is 7.36. The van der Waals surface area contributed by atoms with Crippen molar-refractivity contribution in [2.75, 3.05) is 0 Å². The molecule has 16 heavy (non-hydrogen) atoms. The van der Waals surface area contributed by atoms with Crippen LogP contribution < -0.4 is 5.73 Å². The van der Waals surface area contributed by atoms with Gasteiger partial charge in [0, 0.05) is 6.04 Å². The normalized spacial score (nSPS) is 34.3. The highest BCUT2D eigenvalue weighted by atomic mass is 16.4. The SMILES string of the molecule is N[C@@H]1CC[C@H](C(=O)O)[C@H](C(=O)O)[C@@H]1C(=O)O. The Bertz CT molecular complexity index is 328. The van der Waals surface area contributed by atoms with Crippen molar-refractivity contribution in [3.8, 4) is 0 Å². The lowest BCUT2D eigenvalue weighted by Crippen LogP contribution is -2.51. The molecule has 1 rings (SSSR count). The van der Waals surface area contributed by atoms with Gasteiger partial charge in [0.1, 0.15) is 0 Å². The van der Waals surface area contributed by atoms with Gasteiger partial charge in [-0.1, -0.05) is 0 Å². The molecule has 0 unspecified atom stereocenters. The quantitative estimate of drug-likeness (QED) is 0.499. The van der Waals surface area contributed by atoms with Gasteiger partial charge >= 0.3 is 17.9 Å². The monoisotopic (exact) mass is 231 g/mol. The molecule has 90 valence electrons. The predicted octanol–water partition coefficient (Wildman–Crippen LogP) is -0.790. The first-order valence-electron chi connectivity index (χ1n) is 4.80. The Kier molecular flexibility index (Phi) is 3.48. The molecule has 0 aromatic heterocycles. The lowest BCUT2D eigenvalue weighted by molar-refractivity contribution is -0.165. The fourth-order valence-electron chi connectivity index (χ4n) is 2.19. The molecule has 0 heterocycles. The molecule has 1 saturated carbocycles. The van der Waals surface area contributed by atoms with Crippen molar-refractivity contribution >= 4 is 17.9 Å². The average molecular weight is 231 g/mol. The van der Waals surface area contributed by atoms with Gasteiger partial charge in [0.05, 0.1) is 17.8 Å². The third-order valence-corrected chi connectivity index (χ3v) is 2.98. The third kappa shape index (κ3) is 2.13. The van der Waals surface area contributed by atoms with Crippen molar-refractivity contribution in [3.05, 3.63) is 0 Å². The molecule has 1 aliphatic carbocycles. The van der Waals surface area contributed by atoms with Crippen molar-refractivity contribution in [1.29, 1.82) is 0 Å². The maximum Gasteiger partial charge on any atom is 0.308 e. The molecule has 5 N–H and O–H groups in total. The summed E-state index contributed by atoms with van der Waals surface area (Å²) in [5.74, 6) is -8.05. The first-order valence-corrected chi connectivity index (χ1v) is 4.80. The molecule has 0 aromatic carbocycles. The Balaban J connectivity index is 3.06. The number of hydrogen-bond donors (Lipinski definition) is 4. The van der Waals surface area contributed by atoms with Crippen LogP contribution >= 0.6 is 0 Å². The van der Waals surface area contributed by atoms with Crippen molar-refractivity contribution in [3.63, 3.8) is 0 Å². The van der Waals surface area contributed by atoms with Crippen LogP contribution in [0.15, 0.2) is 0 Å². The number of rotatable bonds is 3. The lowest BCUT2D eigenvalue weighted by Gasteiger charge is -2.34. The van der Waals surface area contributed by atoms with Crippen LogP contribution in [0.1, 0.15) is 12.8 Å². The Morgan fingerprint density at radius 1 is 0.875 bits per heavy atom. The Morgan fingerprint density at radius 2 is 1.38 bits per heavy atom. The van der Waals surface area contributed by atoms with Crippen LogP contribution in [0.4, 0.5) is 0 Å². The van der Waals surface area contributed by atoms with Crippen molar-refractivity contribution in [2.24, 2.45) is 23.5 Å². The van der Waals surface area contributed by atoms with Crippen LogP contribution in [0.5, 0.6) is 0 Å². The molecule has 0 spiro atoms. The summed E-state index contributed by atoms with van der Waals surface area (Å²) in [6.07, 6.45) is 0.301. The molecule has 0 bridgehead atoms. The molecule has 0 radical (unpaired) electrons. The molecular formula is C9H13NO6. The van der Waals surface area contributed by atoms with Gasteiger partial charge in [-0.2, -0.15) is 0 Å². The fourth-order valence-corrected chi connectivity index (χ4v) is 2.19. The van der Waals surface area contributed by atoms with E-state index in [9.17, 15) is 14.4 Å². The van der Waals surface area contributed by atoms with E-state index in [1.807, 2.05) is 0 Å². The molecule has 0 amide bonds. The minimum absolute atomic E-state index is 0.0945. The number of carboxylic acids is 3. The van der Waals surface area contributed by atoms with Gasteiger partial charge in [-0.25, -0.2) is 0 Å². The maximum absolute atomic E-state index is 10.9. The lowest BCUT2D eigenvalue weighted by atomic mass is 9.69. The van der Waals surface area contributed by atoms with Crippen molar-refractivity contribution < 1.29 is 29.7 Å². The van der Waals surface area contributed by atoms with Gasteiger partial charge in [0.15, 0.2) is 0 Å². The summed E-state index contributed by atoms with van der Waals surface area (Å²) in [5, 5.41) is 26.6. The molecule has 1 aliphatic rings. The summed E-state index contributed by atoms with van der Waals surface area (Å²) in [5.41, 5.74) is 5.53. The summed E-state index contributed by atoms with van der Waals surface area (Å²) in [6.45, 7) is 0. The number of carboxylic acid groups (broad SMARTS) is 3. The van der Waals surface area contributed by atoms with Crippen LogP contribution in [0, 0.1) is 17.8 Å². The van der Waals surface area contributed by atoms with Crippen LogP contribution in [-0.4, -0.2) is 39.3 Å². The highest BCUT2D eigenvalue weighted by Crippen LogP contribution is 2.35. The van der Waals surface area contributed by atoms with E-state index >= 15 is 0 Å². The standard InChI is InChI=1S/C9H13NO6/c10-4-2-1-3(7(11)12)5(8(13)14)6(4)9(15)16/h3-6H,1-2,10H2,(H,11,12)(H,13,14)(H,15,16)/t3-,4+,5-,6+/m0/s1. The molecule has 0 aliphatic heterocycles. The molecule has 0 saturated heterocycles. The fraction of sp³-hybridized carbons (Fsp3) is 0.667. The van der Waals surface area contributed by atoms with Gasteiger partial charge in [-0.3, -0.25) is 14.4 Å². The van der Waals surface area contributed by atoms with E-state index in [1.54, 1.807) is 0 Å². The summed E-state index contributed by atoms with van der Waals surface area (Å²) in [4.78, 5) is 32.7. The zero-order valence-electron chi connectivity index (χ0n) is 8.37. The zero-order valence-corrected chi connectivity index (χ0v) is 8.37. The minimum atomic E-state index is -1.46. The Labute approximate surface area is 90.9 Å². The molecular weight excluding hydrogens is 218 g/mol. The van der Waals surface area contributed by atoms with E-state index in [2.05, 4.69) is 0 Å².